The largest absolute Gasteiger partial charge is 0.486 e. The van der Waals surface area contributed by atoms with Crippen molar-refractivity contribution in [2.24, 2.45) is 5.92 Å². The highest BCUT2D eigenvalue weighted by Gasteiger charge is 2.30. The Morgan fingerprint density at radius 1 is 0.810 bits per heavy atom. The number of benzene rings is 2. The SMILES string of the molecule is CC(C)[C@H](NC(=O)OCc1ccccc1)C(=O)N[C@@H](C)C(=O)N[C@@H](C)C(=O)COC1=C(Cc2ccccc2)C(=O)OC1. The predicted molar refractivity (Wildman–Crippen MR) is 153 cm³/mol. The van der Waals surface area contributed by atoms with Gasteiger partial charge in [-0.3, -0.25) is 14.4 Å². The number of ketones is 1. The monoisotopic (exact) mass is 579 g/mol. The standard InChI is InChI=1S/C31H37N3O8/c1-19(2)27(34-31(39)42-16-23-13-9-6-10-14-23)29(37)33-21(4)28(36)32-20(3)25(35)17-40-26-18-41-30(38)24(26)15-22-11-7-5-8-12-22/h5-14,19-21,27H,15-18H2,1-4H3,(H,32,36)(H,33,37)(H,34,39)/t20-,21-,27-/m0/s1. The summed E-state index contributed by atoms with van der Waals surface area (Å²) in [7, 11) is 0. The average molecular weight is 580 g/mol. The van der Waals surface area contributed by atoms with Gasteiger partial charge in [0.1, 0.15) is 37.7 Å². The third-order valence-corrected chi connectivity index (χ3v) is 6.56. The van der Waals surface area contributed by atoms with Gasteiger partial charge in [0.2, 0.25) is 11.8 Å². The number of hydrogen-bond donors (Lipinski definition) is 3. The van der Waals surface area contributed by atoms with Gasteiger partial charge < -0.3 is 30.2 Å². The smallest absolute Gasteiger partial charge is 0.408 e. The Labute approximate surface area is 245 Å². The average Bonchev–Trinajstić information content (AvgIpc) is 3.32. The van der Waals surface area contributed by atoms with E-state index >= 15 is 0 Å². The molecule has 0 spiro atoms. The first-order valence-corrected chi connectivity index (χ1v) is 13.7. The van der Waals surface area contributed by atoms with Gasteiger partial charge in [0.15, 0.2) is 5.78 Å². The first-order valence-electron chi connectivity index (χ1n) is 13.7. The highest BCUT2D eigenvalue weighted by Crippen LogP contribution is 2.21. The normalized spacial score (nSPS) is 14.8. The summed E-state index contributed by atoms with van der Waals surface area (Å²) in [6.07, 6.45) is -0.454. The zero-order valence-electron chi connectivity index (χ0n) is 24.2. The molecule has 0 saturated heterocycles. The number of rotatable bonds is 14. The van der Waals surface area contributed by atoms with Crippen LogP contribution in [0.25, 0.3) is 0 Å². The maximum absolute atomic E-state index is 12.9. The molecule has 3 amide bonds. The van der Waals surface area contributed by atoms with E-state index in [2.05, 4.69) is 16.0 Å². The summed E-state index contributed by atoms with van der Waals surface area (Å²) < 4.78 is 15.9. The molecular formula is C31H37N3O8. The Morgan fingerprint density at radius 2 is 1.40 bits per heavy atom. The third-order valence-electron chi connectivity index (χ3n) is 6.56. The number of carbonyl (C=O) groups excluding carboxylic acids is 5. The van der Waals surface area contributed by atoms with Crippen LogP contribution in [0.3, 0.4) is 0 Å². The molecule has 1 aliphatic heterocycles. The molecule has 0 radical (unpaired) electrons. The van der Waals surface area contributed by atoms with Crippen LogP contribution in [0.15, 0.2) is 72.0 Å². The zero-order chi connectivity index (χ0) is 30.6. The van der Waals surface area contributed by atoms with Crippen LogP contribution >= 0.6 is 0 Å². The Hall–Kier alpha value is -4.67. The van der Waals surface area contributed by atoms with Crippen molar-refractivity contribution >= 4 is 29.7 Å². The minimum absolute atomic E-state index is 0.0441. The Bertz CT molecular complexity index is 1290. The fourth-order valence-corrected chi connectivity index (χ4v) is 4.02. The van der Waals surface area contributed by atoms with E-state index in [9.17, 15) is 24.0 Å². The van der Waals surface area contributed by atoms with Gasteiger partial charge >= 0.3 is 12.1 Å². The fourth-order valence-electron chi connectivity index (χ4n) is 4.02. The molecule has 11 nitrogen and oxygen atoms in total. The fraction of sp³-hybridized carbons (Fsp3) is 0.387. The van der Waals surface area contributed by atoms with Crippen LogP contribution in [0.4, 0.5) is 4.79 Å². The van der Waals surface area contributed by atoms with Crippen LogP contribution in [0.2, 0.25) is 0 Å². The van der Waals surface area contributed by atoms with E-state index in [0.29, 0.717) is 12.0 Å². The lowest BCUT2D eigenvalue weighted by Gasteiger charge is -2.24. The van der Waals surface area contributed by atoms with Crippen molar-refractivity contribution in [3.63, 3.8) is 0 Å². The lowest BCUT2D eigenvalue weighted by molar-refractivity contribution is -0.136. The number of nitrogens with one attached hydrogen (secondary N) is 3. The molecular weight excluding hydrogens is 542 g/mol. The van der Waals surface area contributed by atoms with Crippen molar-refractivity contribution in [2.75, 3.05) is 13.2 Å². The molecule has 2 aromatic carbocycles. The minimum atomic E-state index is -1.00. The lowest BCUT2D eigenvalue weighted by atomic mass is 10.0. The highest BCUT2D eigenvalue weighted by molar-refractivity contribution is 5.95. The third kappa shape index (κ3) is 9.46. The Morgan fingerprint density at radius 3 is 2.02 bits per heavy atom. The molecule has 11 heteroatoms. The Balaban J connectivity index is 1.47. The number of esters is 1. The first kappa shape index (κ1) is 31.9. The van der Waals surface area contributed by atoms with Gasteiger partial charge in [-0.25, -0.2) is 9.59 Å². The number of carbonyl (C=O) groups is 5. The van der Waals surface area contributed by atoms with Crippen LogP contribution in [0.1, 0.15) is 38.8 Å². The predicted octanol–water partition coefficient (Wildman–Crippen LogP) is 2.59. The summed E-state index contributed by atoms with van der Waals surface area (Å²) in [5.74, 6) is -2.11. The molecule has 42 heavy (non-hydrogen) atoms. The van der Waals surface area contributed by atoms with Crippen molar-refractivity contribution in [1.29, 1.82) is 0 Å². The van der Waals surface area contributed by atoms with Gasteiger partial charge in [-0.15, -0.1) is 0 Å². The second kappa shape index (κ2) is 15.4. The zero-order valence-corrected chi connectivity index (χ0v) is 24.2. The van der Waals surface area contributed by atoms with Gasteiger partial charge in [-0.2, -0.15) is 0 Å². The molecule has 3 rings (SSSR count). The molecule has 0 aliphatic carbocycles. The van der Waals surface area contributed by atoms with Crippen LogP contribution in [0, 0.1) is 5.92 Å². The van der Waals surface area contributed by atoms with E-state index in [4.69, 9.17) is 14.2 Å². The second-order valence-corrected chi connectivity index (χ2v) is 10.3. The summed E-state index contributed by atoms with van der Waals surface area (Å²) in [6.45, 7) is 6.05. The van der Waals surface area contributed by atoms with Crippen molar-refractivity contribution in [3.8, 4) is 0 Å². The molecule has 1 heterocycles. The summed E-state index contributed by atoms with van der Waals surface area (Å²) in [6, 6.07) is 15.5. The van der Waals surface area contributed by atoms with Gasteiger partial charge in [0.05, 0.1) is 11.6 Å². The van der Waals surface area contributed by atoms with E-state index in [0.717, 1.165) is 11.1 Å². The first-order chi connectivity index (χ1) is 20.0. The van der Waals surface area contributed by atoms with E-state index < -0.39 is 47.8 Å². The topological polar surface area (TPSA) is 149 Å². The van der Waals surface area contributed by atoms with Crippen LogP contribution in [-0.2, 0) is 46.4 Å². The quantitative estimate of drug-likeness (QED) is 0.289. The summed E-state index contributed by atoms with van der Waals surface area (Å²) >= 11 is 0. The van der Waals surface area contributed by atoms with E-state index in [-0.39, 0.29) is 31.5 Å². The maximum Gasteiger partial charge on any atom is 0.408 e. The van der Waals surface area contributed by atoms with Crippen molar-refractivity contribution in [3.05, 3.63) is 83.1 Å². The van der Waals surface area contributed by atoms with Gasteiger partial charge in [-0.1, -0.05) is 74.5 Å². The van der Waals surface area contributed by atoms with Gasteiger partial charge in [0.25, 0.3) is 0 Å². The molecule has 3 atom stereocenters. The number of hydrogen-bond acceptors (Lipinski definition) is 8. The number of amides is 3. The van der Waals surface area contributed by atoms with E-state index in [1.165, 1.54) is 13.8 Å². The Kier molecular flexibility index (Phi) is 11.7. The summed E-state index contributed by atoms with van der Waals surface area (Å²) in [5.41, 5.74) is 2.04. The van der Waals surface area contributed by atoms with Gasteiger partial charge in [0, 0.05) is 6.42 Å². The van der Waals surface area contributed by atoms with Crippen molar-refractivity contribution in [2.45, 2.75) is 58.8 Å². The number of cyclic esters (lactones) is 1. The second-order valence-electron chi connectivity index (χ2n) is 10.3. The summed E-state index contributed by atoms with van der Waals surface area (Å²) in [4.78, 5) is 62.7. The number of alkyl carbamates (subject to hydrolysis) is 1. The van der Waals surface area contributed by atoms with E-state index in [1.54, 1.807) is 13.8 Å². The summed E-state index contributed by atoms with van der Waals surface area (Å²) in [5, 5.41) is 7.67. The minimum Gasteiger partial charge on any atom is -0.486 e. The van der Waals surface area contributed by atoms with Crippen molar-refractivity contribution in [1.82, 2.24) is 16.0 Å². The van der Waals surface area contributed by atoms with Crippen molar-refractivity contribution < 1.29 is 38.2 Å². The molecule has 3 N–H and O–H groups in total. The highest BCUT2D eigenvalue weighted by atomic mass is 16.6. The lowest BCUT2D eigenvalue weighted by Crippen LogP contribution is -2.55. The molecule has 0 aromatic heterocycles. The van der Waals surface area contributed by atoms with E-state index in [1.807, 2.05) is 60.7 Å². The molecule has 0 fully saturated rings. The van der Waals surface area contributed by atoms with Gasteiger partial charge in [-0.05, 0) is 30.9 Å². The number of ether oxygens (including phenoxy) is 3. The molecule has 224 valence electrons. The molecule has 0 saturated carbocycles. The molecule has 2 aromatic rings. The molecule has 1 aliphatic rings. The number of Topliss-reactive ketones (excluding diaryl/α,β-unsaturated/α-hetero) is 1. The van der Waals surface area contributed by atoms with Crippen LogP contribution < -0.4 is 16.0 Å². The van der Waals surface area contributed by atoms with Crippen LogP contribution in [-0.4, -0.2) is 61.0 Å². The molecule has 0 bridgehead atoms. The maximum atomic E-state index is 12.9. The van der Waals surface area contributed by atoms with Crippen LogP contribution in [0.5, 0.6) is 0 Å². The molecule has 0 unspecified atom stereocenters.